The van der Waals surface area contributed by atoms with Gasteiger partial charge in [-0.1, -0.05) is 42.5 Å². The molecule has 26 heavy (non-hydrogen) atoms. The fraction of sp³-hybridized carbons (Fsp3) is 0.227. The van der Waals surface area contributed by atoms with Gasteiger partial charge in [-0.15, -0.1) is 0 Å². The smallest absolute Gasteiger partial charge is 0.257 e. The summed E-state index contributed by atoms with van der Waals surface area (Å²) < 4.78 is 5.50. The van der Waals surface area contributed by atoms with Crippen molar-refractivity contribution in [1.82, 2.24) is 4.90 Å². The topological polar surface area (TPSA) is 32.8 Å². The molecular formula is C22H22N2O2. The predicted octanol–water partition coefficient (Wildman–Crippen LogP) is 3.81. The van der Waals surface area contributed by atoms with Crippen LogP contribution in [-0.2, 0) is 0 Å². The van der Waals surface area contributed by atoms with E-state index < -0.39 is 0 Å². The molecule has 4 nitrogen and oxygen atoms in total. The molecule has 132 valence electrons. The lowest BCUT2D eigenvalue weighted by atomic mass is 10.0. The summed E-state index contributed by atoms with van der Waals surface area (Å²) in [6.45, 7) is 3.10. The molecule has 1 aliphatic rings. The van der Waals surface area contributed by atoms with Gasteiger partial charge in [-0.3, -0.25) is 4.79 Å². The van der Waals surface area contributed by atoms with Crippen molar-refractivity contribution in [3.8, 4) is 5.75 Å². The van der Waals surface area contributed by atoms with Crippen LogP contribution in [0.1, 0.15) is 10.4 Å². The van der Waals surface area contributed by atoms with E-state index >= 15 is 0 Å². The maximum Gasteiger partial charge on any atom is 0.257 e. The average molecular weight is 346 g/mol. The second kappa shape index (κ2) is 7.08. The number of anilines is 1. The van der Waals surface area contributed by atoms with Crippen LogP contribution in [0.2, 0.25) is 0 Å². The molecule has 1 amide bonds. The molecule has 0 saturated carbocycles. The zero-order valence-electron chi connectivity index (χ0n) is 14.9. The van der Waals surface area contributed by atoms with Crippen LogP contribution in [-0.4, -0.2) is 44.1 Å². The summed E-state index contributed by atoms with van der Waals surface area (Å²) >= 11 is 0. The van der Waals surface area contributed by atoms with Crippen LogP contribution in [0, 0.1) is 0 Å². The molecule has 0 radical (unpaired) electrons. The van der Waals surface area contributed by atoms with Crippen molar-refractivity contribution in [3.63, 3.8) is 0 Å². The molecular weight excluding hydrogens is 324 g/mol. The third-order valence-electron chi connectivity index (χ3n) is 4.99. The quantitative estimate of drug-likeness (QED) is 0.723. The average Bonchev–Trinajstić information content (AvgIpc) is 2.73. The van der Waals surface area contributed by atoms with Crippen molar-refractivity contribution >= 4 is 22.4 Å². The number of benzene rings is 3. The van der Waals surface area contributed by atoms with E-state index in [0.29, 0.717) is 24.4 Å². The Kier molecular flexibility index (Phi) is 4.48. The first-order valence-corrected chi connectivity index (χ1v) is 8.92. The fourth-order valence-electron chi connectivity index (χ4n) is 3.53. The monoisotopic (exact) mass is 346 g/mol. The molecule has 0 atom stereocenters. The Morgan fingerprint density at radius 2 is 1.46 bits per heavy atom. The first-order chi connectivity index (χ1) is 12.8. The minimum Gasteiger partial charge on any atom is -0.496 e. The predicted molar refractivity (Wildman–Crippen MR) is 105 cm³/mol. The zero-order valence-corrected chi connectivity index (χ0v) is 14.9. The van der Waals surface area contributed by atoms with Crippen LogP contribution >= 0.6 is 0 Å². The number of fused-ring (bicyclic) bond motifs is 1. The summed E-state index contributed by atoms with van der Waals surface area (Å²) in [6.07, 6.45) is 0. The zero-order chi connectivity index (χ0) is 17.9. The first kappa shape index (κ1) is 16.5. The lowest BCUT2D eigenvalue weighted by Crippen LogP contribution is -2.48. The summed E-state index contributed by atoms with van der Waals surface area (Å²) in [5.41, 5.74) is 1.85. The van der Waals surface area contributed by atoms with E-state index in [0.717, 1.165) is 23.9 Å². The van der Waals surface area contributed by atoms with Crippen molar-refractivity contribution in [2.24, 2.45) is 0 Å². The Morgan fingerprint density at radius 1 is 0.846 bits per heavy atom. The molecule has 0 spiro atoms. The second-order valence-electron chi connectivity index (χ2n) is 6.51. The number of para-hydroxylation sites is 1. The number of piperazine rings is 1. The van der Waals surface area contributed by atoms with Crippen LogP contribution < -0.4 is 9.64 Å². The Hall–Kier alpha value is -3.01. The van der Waals surface area contributed by atoms with Gasteiger partial charge in [-0.2, -0.15) is 0 Å². The molecule has 1 saturated heterocycles. The number of amides is 1. The van der Waals surface area contributed by atoms with Crippen molar-refractivity contribution < 1.29 is 9.53 Å². The Labute approximate surface area is 153 Å². The molecule has 1 aliphatic heterocycles. The van der Waals surface area contributed by atoms with Crippen LogP contribution in [0.25, 0.3) is 10.8 Å². The maximum atomic E-state index is 13.1. The molecule has 0 unspecified atom stereocenters. The van der Waals surface area contributed by atoms with Gasteiger partial charge in [0, 0.05) is 31.9 Å². The summed E-state index contributed by atoms with van der Waals surface area (Å²) in [6, 6.07) is 22.3. The Bertz CT molecular complexity index is 916. The number of nitrogens with zero attached hydrogens (tertiary/aromatic N) is 2. The van der Waals surface area contributed by atoms with Gasteiger partial charge in [0.1, 0.15) is 5.75 Å². The van der Waals surface area contributed by atoms with Crippen molar-refractivity contribution in [2.45, 2.75) is 0 Å². The van der Waals surface area contributed by atoms with E-state index in [2.05, 4.69) is 17.0 Å². The van der Waals surface area contributed by atoms with Gasteiger partial charge in [0.15, 0.2) is 0 Å². The van der Waals surface area contributed by atoms with Gasteiger partial charge < -0.3 is 14.5 Å². The van der Waals surface area contributed by atoms with Crippen molar-refractivity contribution in [2.75, 3.05) is 38.2 Å². The van der Waals surface area contributed by atoms with Crippen molar-refractivity contribution in [3.05, 3.63) is 72.3 Å². The third-order valence-corrected chi connectivity index (χ3v) is 4.99. The lowest BCUT2D eigenvalue weighted by Gasteiger charge is -2.36. The molecule has 0 N–H and O–H groups in total. The summed E-state index contributed by atoms with van der Waals surface area (Å²) in [5, 5.41) is 2.13. The van der Waals surface area contributed by atoms with E-state index in [1.165, 1.54) is 5.69 Å². The van der Waals surface area contributed by atoms with Crippen LogP contribution in [0.4, 0.5) is 5.69 Å². The number of ether oxygens (including phenoxy) is 1. The highest BCUT2D eigenvalue weighted by atomic mass is 16.5. The molecule has 0 aliphatic carbocycles. The van der Waals surface area contributed by atoms with E-state index in [1.807, 2.05) is 59.5 Å². The standard InChI is InChI=1S/C22H22N2O2/c1-26-21-16-18-8-6-5-7-17(18)15-20(21)22(25)24-13-11-23(12-14-24)19-9-3-2-4-10-19/h2-10,15-16H,11-14H2,1H3. The highest BCUT2D eigenvalue weighted by Gasteiger charge is 2.24. The number of hydrogen-bond acceptors (Lipinski definition) is 3. The molecule has 3 aromatic carbocycles. The van der Waals surface area contributed by atoms with E-state index in [4.69, 9.17) is 4.74 Å². The summed E-state index contributed by atoms with van der Waals surface area (Å²) in [4.78, 5) is 17.3. The normalized spacial score (nSPS) is 14.5. The highest BCUT2D eigenvalue weighted by Crippen LogP contribution is 2.27. The minimum absolute atomic E-state index is 0.0420. The van der Waals surface area contributed by atoms with Crippen LogP contribution in [0.5, 0.6) is 5.75 Å². The third kappa shape index (κ3) is 3.10. The number of carbonyl (C=O) groups is 1. The fourth-order valence-corrected chi connectivity index (χ4v) is 3.53. The number of carbonyl (C=O) groups excluding carboxylic acids is 1. The van der Waals surface area contributed by atoms with Gasteiger partial charge in [-0.05, 0) is 35.0 Å². The highest BCUT2D eigenvalue weighted by molar-refractivity contribution is 6.01. The minimum atomic E-state index is 0.0420. The Balaban J connectivity index is 1.54. The molecule has 4 heteroatoms. The largest absolute Gasteiger partial charge is 0.496 e. The molecule has 1 fully saturated rings. The molecule has 3 aromatic rings. The first-order valence-electron chi connectivity index (χ1n) is 8.92. The molecule has 4 rings (SSSR count). The molecule has 0 aromatic heterocycles. The van der Waals surface area contributed by atoms with E-state index in [-0.39, 0.29) is 5.91 Å². The number of hydrogen-bond donors (Lipinski definition) is 0. The maximum absolute atomic E-state index is 13.1. The van der Waals surface area contributed by atoms with Crippen LogP contribution in [0.3, 0.4) is 0 Å². The Morgan fingerprint density at radius 3 is 2.12 bits per heavy atom. The number of methoxy groups -OCH3 is 1. The van der Waals surface area contributed by atoms with Gasteiger partial charge in [0.25, 0.3) is 5.91 Å². The summed E-state index contributed by atoms with van der Waals surface area (Å²) in [7, 11) is 1.62. The van der Waals surface area contributed by atoms with E-state index in [9.17, 15) is 4.79 Å². The molecule has 1 heterocycles. The van der Waals surface area contributed by atoms with Gasteiger partial charge >= 0.3 is 0 Å². The molecule has 0 bridgehead atoms. The van der Waals surface area contributed by atoms with Crippen molar-refractivity contribution in [1.29, 1.82) is 0 Å². The van der Waals surface area contributed by atoms with Gasteiger partial charge in [0.05, 0.1) is 12.7 Å². The SMILES string of the molecule is COc1cc2ccccc2cc1C(=O)N1CCN(c2ccccc2)CC1. The second-order valence-corrected chi connectivity index (χ2v) is 6.51. The summed E-state index contributed by atoms with van der Waals surface area (Å²) in [5.74, 6) is 0.680. The lowest BCUT2D eigenvalue weighted by molar-refractivity contribution is 0.0743. The van der Waals surface area contributed by atoms with Gasteiger partial charge in [-0.25, -0.2) is 0 Å². The van der Waals surface area contributed by atoms with Gasteiger partial charge in [0.2, 0.25) is 0 Å². The van der Waals surface area contributed by atoms with Crippen LogP contribution in [0.15, 0.2) is 66.7 Å². The number of rotatable bonds is 3. The van der Waals surface area contributed by atoms with E-state index in [1.54, 1.807) is 7.11 Å².